The van der Waals surface area contributed by atoms with Crippen LogP contribution in [0.25, 0.3) is 0 Å². The Labute approximate surface area is 201 Å². The van der Waals surface area contributed by atoms with Crippen molar-refractivity contribution in [1.82, 2.24) is 20.2 Å². The molecule has 2 unspecified atom stereocenters. The second-order valence-corrected chi connectivity index (χ2v) is 7.71. The molecule has 5 rings (SSSR count). The molecule has 2 atom stereocenters. The molecular formula is C24H26FN7O3. The predicted molar refractivity (Wildman–Crippen MR) is 131 cm³/mol. The zero-order chi connectivity index (χ0) is 24.6. The number of nitrogens with zero attached hydrogens (tertiary/aromatic N) is 4. The van der Waals surface area contributed by atoms with Crippen LogP contribution in [-0.4, -0.2) is 64.6 Å². The first kappa shape index (κ1) is 24.0. The van der Waals surface area contributed by atoms with Gasteiger partial charge in [-0.05, 0) is 37.3 Å². The fourth-order valence-electron chi connectivity index (χ4n) is 3.23. The molecule has 2 aromatic carbocycles. The zero-order valence-corrected chi connectivity index (χ0v) is 19.1. The summed E-state index contributed by atoms with van der Waals surface area (Å²) in [5, 5.41) is 17.9. The van der Waals surface area contributed by atoms with Gasteiger partial charge >= 0.3 is 0 Å². The van der Waals surface area contributed by atoms with Gasteiger partial charge in [0.15, 0.2) is 11.6 Å². The van der Waals surface area contributed by atoms with E-state index in [9.17, 15) is 14.3 Å². The predicted octanol–water partition coefficient (Wildman–Crippen LogP) is 3.31. The minimum atomic E-state index is -0.640. The van der Waals surface area contributed by atoms with Crippen molar-refractivity contribution < 1.29 is 19.0 Å². The number of benzene rings is 2. The van der Waals surface area contributed by atoms with Gasteiger partial charge in [0, 0.05) is 37.1 Å². The smallest absolute Gasteiger partial charge is 0.262 e. The van der Waals surface area contributed by atoms with Gasteiger partial charge in [0.1, 0.15) is 12.0 Å². The number of aliphatic imine (C=N–C) groups is 1. The number of amides is 1. The molecule has 0 bridgehead atoms. The lowest BCUT2D eigenvalue weighted by molar-refractivity contribution is -0.114. The van der Waals surface area contributed by atoms with E-state index >= 15 is 0 Å². The number of phenols is 1. The third kappa shape index (κ3) is 7.19. The van der Waals surface area contributed by atoms with E-state index in [1.807, 2.05) is 6.92 Å². The molecule has 11 heteroatoms. The highest BCUT2D eigenvalue weighted by Crippen LogP contribution is 2.24. The van der Waals surface area contributed by atoms with Crippen molar-refractivity contribution in [3.05, 3.63) is 60.5 Å². The first-order valence-corrected chi connectivity index (χ1v) is 11.1. The van der Waals surface area contributed by atoms with Crippen molar-refractivity contribution in [3.8, 4) is 5.75 Å². The van der Waals surface area contributed by atoms with Crippen molar-refractivity contribution >= 4 is 41.0 Å². The molecule has 35 heavy (non-hydrogen) atoms. The van der Waals surface area contributed by atoms with Gasteiger partial charge in [-0.25, -0.2) is 9.37 Å². The Kier molecular flexibility index (Phi) is 7.81. The summed E-state index contributed by atoms with van der Waals surface area (Å²) in [6, 6.07) is 13.2. The third-order valence-corrected chi connectivity index (χ3v) is 4.99. The summed E-state index contributed by atoms with van der Waals surface area (Å²) >= 11 is 0. The van der Waals surface area contributed by atoms with Crippen LogP contribution in [0, 0.1) is 5.82 Å². The Balaban J connectivity index is 0.000000411. The van der Waals surface area contributed by atoms with Crippen molar-refractivity contribution in [2.75, 3.05) is 36.9 Å². The maximum absolute atomic E-state index is 14.1. The molecule has 182 valence electrons. The van der Waals surface area contributed by atoms with E-state index in [2.05, 4.69) is 35.8 Å². The number of carbonyl (C=O) groups is 1. The molecule has 2 aliphatic heterocycles. The molecular weight excluding hydrogens is 453 g/mol. The van der Waals surface area contributed by atoms with E-state index in [1.54, 1.807) is 36.4 Å². The van der Waals surface area contributed by atoms with Gasteiger partial charge in [0.2, 0.25) is 5.95 Å². The van der Waals surface area contributed by atoms with E-state index < -0.39 is 5.82 Å². The highest BCUT2D eigenvalue weighted by atomic mass is 19.1. The second-order valence-electron chi connectivity index (χ2n) is 7.71. The average Bonchev–Trinajstić information content (AvgIpc) is 3.45. The molecule has 4 N–H and O–H groups in total. The van der Waals surface area contributed by atoms with Crippen LogP contribution < -0.4 is 16.0 Å². The summed E-state index contributed by atoms with van der Waals surface area (Å²) in [5.74, 6) is -0.750. The van der Waals surface area contributed by atoms with Crippen LogP contribution in [0.5, 0.6) is 5.75 Å². The lowest BCUT2D eigenvalue weighted by Gasteiger charge is -2.10. The topological polar surface area (TPSA) is 124 Å². The molecule has 0 radical (unpaired) electrons. The van der Waals surface area contributed by atoms with Crippen molar-refractivity contribution in [1.29, 1.82) is 0 Å². The van der Waals surface area contributed by atoms with Crippen LogP contribution in [0.4, 0.5) is 33.2 Å². The van der Waals surface area contributed by atoms with Crippen LogP contribution in [-0.2, 0) is 9.53 Å². The molecule has 1 amide bonds. The largest absolute Gasteiger partial charge is 0.508 e. The minimum Gasteiger partial charge on any atom is -0.508 e. The number of carbonyl (C=O) groups excluding carboxylic acids is 1. The molecule has 0 spiro atoms. The number of ether oxygens (including phenoxy) is 1. The summed E-state index contributed by atoms with van der Waals surface area (Å²) in [5.41, 5.74) is 1.65. The number of nitrogens with one attached hydrogen (secondary N) is 3. The maximum atomic E-state index is 14.1. The summed E-state index contributed by atoms with van der Waals surface area (Å²) in [6.45, 7) is 5.67. The SMILES string of the molecule is C1CN2CC2O1.CCNC(=O)C=Nc1cccc(Nc2ncc(F)c(Nc3cccc(O)c3)n2)c1. The monoisotopic (exact) mass is 479 g/mol. The third-order valence-electron chi connectivity index (χ3n) is 4.99. The number of rotatable bonds is 7. The van der Waals surface area contributed by atoms with E-state index in [4.69, 9.17) is 4.74 Å². The molecule has 2 saturated heterocycles. The van der Waals surface area contributed by atoms with E-state index in [-0.39, 0.29) is 23.4 Å². The molecule has 3 heterocycles. The number of morpholine rings is 1. The standard InChI is InChI=1S/C20H19FN6O2.C4H7NO/c1-2-22-18(29)12-23-13-5-3-6-14(9-13)26-20-24-11-17(21)19(27-20)25-15-7-4-8-16(28)10-15;1-2-6-4-3-5(1)4/h3-12,28H,2H2,1H3,(H,22,29)(H2,24,25,26,27);4H,1-3H2. The number of hydrogen-bond donors (Lipinski definition) is 4. The van der Waals surface area contributed by atoms with Crippen LogP contribution in [0.1, 0.15) is 6.92 Å². The van der Waals surface area contributed by atoms with Crippen LogP contribution in [0.2, 0.25) is 0 Å². The van der Waals surface area contributed by atoms with Gasteiger partial charge in [-0.2, -0.15) is 4.98 Å². The Morgan fingerprint density at radius 2 is 2.06 bits per heavy atom. The summed E-state index contributed by atoms with van der Waals surface area (Å²) < 4.78 is 19.2. The normalized spacial score (nSPS) is 17.8. The van der Waals surface area contributed by atoms with Gasteiger partial charge in [-0.15, -0.1) is 0 Å². The first-order chi connectivity index (χ1) is 17.0. The van der Waals surface area contributed by atoms with Gasteiger partial charge in [0.25, 0.3) is 5.91 Å². The summed E-state index contributed by atoms with van der Waals surface area (Å²) in [7, 11) is 0. The quantitative estimate of drug-likeness (QED) is 0.301. The summed E-state index contributed by atoms with van der Waals surface area (Å²) in [6.07, 6.45) is 2.79. The molecule has 3 aromatic rings. The van der Waals surface area contributed by atoms with Crippen molar-refractivity contribution in [3.63, 3.8) is 0 Å². The Bertz CT molecular complexity index is 1200. The molecule has 2 aliphatic rings. The molecule has 10 nitrogen and oxygen atoms in total. The van der Waals surface area contributed by atoms with E-state index in [0.717, 1.165) is 12.8 Å². The maximum Gasteiger partial charge on any atom is 0.262 e. The van der Waals surface area contributed by atoms with Crippen LogP contribution in [0.15, 0.2) is 59.7 Å². The molecule has 2 fully saturated rings. The Morgan fingerprint density at radius 3 is 2.71 bits per heavy atom. The van der Waals surface area contributed by atoms with Gasteiger partial charge < -0.3 is 25.8 Å². The number of hydrogen-bond acceptors (Lipinski definition) is 9. The molecule has 1 aromatic heterocycles. The summed E-state index contributed by atoms with van der Waals surface area (Å²) in [4.78, 5) is 26.0. The zero-order valence-electron chi connectivity index (χ0n) is 19.1. The Morgan fingerprint density at radius 1 is 1.26 bits per heavy atom. The van der Waals surface area contributed by atoms with Crippen molar-refractivity contribution in [2.45, 2.75) is 13.2 Å². The molecule has 0 aliphatic carbocycles. The minimum absolute atomic E-state index is 0.0430. The van der Waals surface area contributed by atoms with E-state index in [0.29, 0.717) is 29.8 Å². The lowest BCUT2D eigenvalue weighted by Crippen LogP contribution is -2.23. The lowest BCUT2D eigenvalue weighted by atomic mass is 10.3. The van der Waals surface area contributed by atoms with Crippen LogP contribution >= 0.6 is 0 Å². The Hall–Kier alpha value is -4.09. The van der Waals surface area contributed by atoms with Gasteiger partial charge in [-0.3, -0.25) is 14.7 Å². The number of phenolic OH excluding ortho intramolecular Hbond substituents is 1. The van der Waals surface area contributed by atoms with Gasteiger partial charge in [0.05, 0.1) is 24.7 Å². The number of halogens is 1. The second kappa shape index (κ2) is 11.4. The molecule has 0 saturated carbocycles. The highest BCUT2D eigenvalue weighted by Gasteiger charge is 2.39. The van der Waals surface area contributed by atoms with E-state index in [1.165, 1.54) is 31.4 Å². The number of fused-ring (bicyclic) bond motifs is 1. The fraction of sp³-hybridized carbons (Fsp3) is 0.250. The number of aromatic nitrogens is 2. The fourth-order valence-corrected chi connectivity index (χ4v) is 3.23. The van der Waals surface area contributed by atoms with Crippen LogP contribution in [0.3, 0.4) is 0 Å². The van der Waals surface area contributed by atoms with Gasteiger partial charge in [-0.1, -0.05) is 12.1 Å². The number of aromatic hydroxyl groups is 1. The number of anilines is 4. The first-order valence-electron chi connectivity index (χ1n) is 11.1. The highest BCUT2D eigenvalue weighted by molar-refractivity contribution is 6.26. The van der Waals surface area contributed by atoms with Crippen molar-refractivity contribution in [2.24, 2.45) is 4.99 Å². The average molecular weight is 480 g/mol.